The number of rotatable bonds is 4. The van der Waals surface area contributed by atoms with E-state index < -0.39 is 6.03 Å². The molecule has 0 aromatic heterocycles. The molecule has 0 fully saturated rings. The SMILES string of the molecule is O=C(CNC(=O)Nc1ccccc1)Nc1ccc2c(c1)CCC2. The standard InChI is InChI=1S/C18H19N3O2/c22-17(12-19-18(23)21-15-7-2-1-3-8-15)20-16-10-9-13-5-4-6-14(13)11-16/h1-3,7-11H,4-6,12H2,(H,20,22)(H2,19,21,23). The van der Waals surface area contributed by atoms with Gasteiger partial charge in [0.2, 0.25) is 5.91 Å². The Hall–Kier alpha value is -2.82. The molecule has 3 rings (SSSR count). The van der Waals surface area contributed by atoms with Crippen LogP contribution in [-0.4, -0.2) is 18.5 Å². The van der Waals surface area contributed by atoms with Crippen molar-refractivity contribution in [2.75, 3.05) is 17.2 Å². The van der Waals surface area contributed by atoms with Crippen molar-refractivity contribution in [3.8, 4) is 0 Å². The predicted molar refractivity (Wildman–Crippen MR) is 90.6 cm³/mol. The van der Waals surface area contributed by atoms with E-state index in [4.69, 9.17) is 0 Å². The van der Waals surface area contributed by atoms with Gasteiger partial charge in [0.25, 0.3) is 0 Å². The summed E-state index contributed by atoms with van der Waals surface area (Å²) in [5.41, 5.74) is 4.13. The lowest BCUT2D eigenvalue weighted by atomic mass is 10.1. The van der Waals surface area contributed by atoms with Crippen molar-refractivity contribution < 1.29 is 9.59 Å². The van der Waals surface area contributed by atoms with Crippen LogP contribution in [-0.2, 0) is 17.6 Å². The fourth-order valence-electron chi connectivity index (χ4n) is 2.71. The smallest absolute Gasteiger partial charge is 0.319 e. The van der Waals surface area contributed by atoms with Gasteiger partial charge in [-0.25, -0.2) is 4.79 Å². The quantitative estimate of drug-likeness (QED) is 0.812. The number of hydrogen-bond donors (Lipinski definition) is 3. The lowest BCUT2D eigenvalue weighted by Crippen LogP contribution is -2.35. The molecular weight excluding hydrogens is 290 g/mol. The number of para-hydroxylation sites is 1. The molecule has 0 bridgehead atoms. The number of anilines is 2. The Labute approximate surface area is 135 Å². The van der Waals surface area contributed by atoms with Crippen molar-refractivity contribution >= 4 is 23.3 Å². The highest BCUT2D eigenvalue weighted by Crippen LogP contribution is 2.24. The Balaban J connectivity index is 1.47. The number of nitrogens with one attached hydrogen (secondary N) is 3. The van der Waals surface area contributed by atoms with Gasteiger partial charge >= 0.3 is 6.03 Å². The summed E-state index contributed by atoms with van der Waals surface area (Å²) in [4.78, 5) is 23.6. The minimum atomic E-state index is -0.402. The van der Waals surface area contributed by atoms with Crippen molar-refractivity contribution in [2.24, 2.45) is 0 Å². The molecule has 3 amide bonds. The first-order valence-electron chi connectivity index (χ1n) is 7.72. The number of hydrogen-bond acceptors (Lipinski definition) is 2. The Morgan fingerprint density at radius 1 is 0.870 bits per heavy atom. The summed E-state index contributed by atoms with van der Waals surface area (Å²) in [6.07, 6.45) is 3.36. The molecule has 5 heteroatoms. The summed E-state index contributed by atoms with van der Waals surface area (Å²) in [6.45, 7) is -0.0737. The number of amides is 3. The van der Waals surface area contributed by atoms with Gasteiger partial charge in [-0.1, -0.05) is 24.3 Å². The molecular formula is C18H19N3O2. The van der Waals surface area contributed by atoms with Crippen molar-refractivity contribution in [1.29, 1.82) is 0 Å². The molecule has 2 aromatic carbocycles. The zero-order chi connectivity index (χ0) is 16.1. The van der Waals surface area contributed by atoms with Gasteiger partial charge in [0, 0.05) is 11.4 Å². The Morgan fingerprint density at radius 3 is 2.48 bits per heavy atom. The zero-order valence-corrected chi connectivity index (χ0v) is 12.8. The van der Waals surface area contributed by atoms with Gasteiger partial charge in [-0.3, -0.25) is 4.79 Å². The Bertz CT molecular complexity index is 713. The largest absolute Gasteiger partial charge is 0.329 e. The molecule has 1 aliphatic rings. The van der Waals surface area contributed by atoms with E-state index in [-0.39, 0.29) is 12.5 Å². The van der Waals surface area contributed by atoms with E-state index in [0.717, 1.165) is 18.5 Å². The maximum atomic E-state index is 11.9. The molecule has 0 atom stereocenters. The molecule has 0 unspecified atom stereocenters. The summed E-state index contributed by atoms with van der Waals surface area (Å²) in [7, 11) is 0. The van der Waals surface area contributed by atoms with Crippen LogP contribution in [0.4, 0.5) is 16.2 Å². The van der Waals surface area contributed by atoms with Crippen molar-refractivity contribution in [1.82, 2.24) is 5.32 Å². The number of carbonyl (C=O) groups is 2. The molecule has 0 saturated carbocycles. The highest BCUT2D eigenvalue weighted by molar-refractivity contribution is 5.97. The maximum absolute atomic E-state index is 11.9. The summed E-state index contributed by atoms with van der Waals surface area (Å²) in [6, 6.07) is 14.7. The van der Waals surface area contributed by atoms with Crippen LogP contribution in [0.25, 0.3) is 0 Å². The Morgan fingerprint density at radius 2 is 1.65 bits per heavy atom. The topological polar surface area (TPSA) is 70.2 Å². The molecule has 2 aromatic rings. The summed E-state index contributed by atoms with van der Waals surface area (Å²) in [5, 5.41) is 8.02. The van der Waals surface area contributed by atoms with Crippen LogP contribution in [0.15, 0.2) is 48.5 Å². The first-order valence-corrected chi connectivity index (χ1v) is 7.72. The average Bonchev–Trinajstić information content (AvgIpc) is 3.01. The van der Waals surface area contributed by atoms with Crippen molar-refractivity contribution in [2.45, 2.75) is 19.3 Å². The molecule has 0 aliphatic heterocycles. The van der Waals surface area contributed by atoms with E-state index >= 15 is 0 Å². The molecule has 0 radical (unpaired) electrons. The fourth-order valence-corrected chi connectivity index (χ4v) is 2.71. The number of fused-ring (bicyclic) bond motifs is 1. The lowest BCUT2D eigenvalue weighted by Gasteiger charge is -2.09. The molecule has 118 valence electrons. The lowest BCUT2D eigenvalue weighted by molar-refractivity contribution is -0.115. The average molecular weight is 309 g/mol. The molecule has 3 N–H and O–H groups in total. The van der Waals surface area contributed by atoms with Gasteiger partial charge in [-0.2, -0.15) is 0 Å². The van der Waals surface area contributed by atoms with E-state index in [1.54, 1.807) is 12.1 Å². The first kappa shape index (κ1) is 15.1. The minimum Gasteiger partial charge on any atom is -0.329 e. The van der Waals surface area contributed by atoms with Crippen molar-refractivity contribution in [3.63, 3.8) is 0 Å². The molecule has 0 heterocycles. The van der Waals surface area contributed by atoms with E-state index in [1.165, 1.54) is 17.5 Å². The van der Waals surface area contributed by atoms with Crippen LogP contribution < -0.4 is 16.0 Å². The van der Waals surface area contributed by atoms with E-state index in [1.807, 2.05) is 30.3 Å². The number of benzene rings is 2. The zero-order valence-electron chi connectivity index (χ0n) is 12.8. The van der Waals surface area contributed by atoms with Gasteiger partial charge in [-0.05, 0) is 54.7 Å². The van der Waals surface area contributed by atoms with Gasteiger partial charge in [0.15, 0.2) is 0 Å². The second-order valence-electron chi connectivity index (χ2n) is 5.56. The number of aryl methyl sites for hydroxylation is 2. The third-order valence-corrected chi connectivity index (χ3v) is 3.82. The van der Waals surface area contributed by atoms with Gasteiger partial charge in [0.05, 0.1) is 6.54 Å². The van der Waals surface area contributed by atoms with Gasteiger partial charge < -0.3 is 16.0 Å². The van der Waals surface area contributed by atoms with Crippen LogP contribution >= 0.6 is 0 Å². The van der Waals surface area contributed by atoms with E-state index in [9.17, 15) is 9.59 Å². The third kappa shape index (κ3) is 4.10. The van der Waals surface area contributed by atoms with Crippen molar-refractivity contribution in [3.05, 3.63) is 59.7 Å². The first-order chi connectivity index (χ1) is 11.2. The second kappa shape index (κ2) is 6.96. The van der Waals surface area contributed by atoms with E-state index in [2.05, 4.69) is 22.0 Å². The van der Waals surface area contributed by atoms with E-state index in [0.29, 0.717) is 5.69 Å². The maximum Gasteiger partial charge on any atom is 0.319 e. The monoisotopic (exact) mass is 309 g/mol. The molecule has 5 nitrogen and oxygen atoms in total. The van der Waals surface area contributed by atoms with Crippen LogP contribution in [0.3, 0.4) is 0 Å². The van der Waals surface area contributed by atoms with Crippen LogP contribution in [0.1, 0.15) is 17.5 Å². The van der Waals surface area contributed by atoms with Gasteiger partial charge in [-0.15, -0.1) is 0 Å². The highest BCUT2D eigenvalue weighted by atomic mass is 16.2. The minimum absolute atomic E-state index is 0.0737. The number of urea groups is 1. The molecule has 1 aliphatic carbocycles. The van der Waals surface area contributed by atoms with Crippen LogP contribution in [0.5, 0.6) is 0 Å². The molecule has 0 saturated heterocycles. The third-order valence-electron chi connectivity index (χ3n) is 3.82. The van der Waals surface area contributed by atoms with Gasteiger partial charge in [0.1, 0.15) is 0 Å². The number of carbonyl (C=O) groups excluding carboxylic acids is 2. The normalized spacial score (nSPS) is 12.3. The molecule has 23 heavy (non-hydrogen) atoms. The second-order valence-corrected chi connectivity index (χ2v) is 5.56. The molecule has 0 spiro atoms. The summed E-state index contributed by atoms with van der Waals surface area (Å²) < 4.78 is 0. The fraction of sp³-hybridized carbons (Fsp3) is 0.222. The summed E-state index contributed by atoms with van der Waals surface area (Å²) >= 11 is 0. The van der Waals surface area contributed by atoms with Crippen LogP contribution in [0, 0.1) is 0 Å². The predicted octanol–water partition coefficient (Wildman–Crippen LogP) is 2.94. The summed E-state index contributed by atoms with van der Waals surface area (Å²) in [5.74, 6) is -0.244. The Kier molecular flexibility index (Phi) is 4.57. The highest BCUT2D eigenvalue weighted by Gasteiger charge is 2.12. The van der Waals surface area contributed by atoms with Crippen LogP contribution in [0.2, 0.25) is 0 Å².